The van der Waals surface area contributed by atoms with Gasteiger partial charge in [-0.1, -0.05) is 12.1 Å². The molecule has 1 aromatic carbocycles. The summed E-state index contributed by atoms with van der Waals surface area (Å²) in [6, 6.07) is 7.12. The second-order valence-electron chi connectivity index (χ2n) is 3.95. The van der Waals surface area contributed by atoms with Crippen LogP contribution in [0.15, 0.2) is 24.3 Å². The quantitative estimate of drug-likeness (QED) is 0.789. The lowest BCUT2D eigenvalue weighted by Crippen LogP contribution is -2.31. The number of benzene rings is 1. The van der Waals surface area contributed by atoms with Gasteiger partial charge in [-0.3, -0.25) is 4.79 Å². The lowest BCUT2D eigenvalue weighted by atomic mass is 10.1. The van der Waals surface area contributed by atoms with Crippen molar-refractivity contribution in [3.63, 3.8) is 0 Å². The lowest BCUT2D eigenvalue weighted by Gasteiger charge is -2.08. The van der Waals surface area contributed by atoms with E-state index in [1.807, 2.05) is 12.1 Å². The van der Waals surface area contributed by atoms with Gasteiger partial charge < -0.3 is 15.8 Å². The molecule has 1 amide bonds. The van der Waals surface area contributed by atoms with Crippen LogP contribution in [0.1, 0.15) is 5.56 Å². The molecule has 0 bridgehead atoms. The molecule has 0 atom stereocenters. The van der Waals surface area contributed by atoms with E-state index in [9.17, 15) is 18.0 Å². The number of rotatable bonds is 6. The number of ether oxygens (including phenoxy) is 1. The van der Waals surface area contributed by atoms with Crippen LogP contribution in [0, 0.1) is 0 Å². The number of alkyl halides is 3. The second-order valence-corrected chi connectivity index (χ2v) is 3.95. The van der Waals surface area contributed by atoms with Crippen molar-refractivity contribution in [1.82, 2.24) is 5.32 Å². The average Bonchev–Trinajstić information content (AvgIpc) is 2.30. The summed E-state index contributed by atoms with van der Waals surface area (Å²) in [4.78, 5) is 11.1. The molecule has 0 heterocycles. The predicted molar refractivity (Wildman–Crippen MR) is 71.7 cm³/mol. The van der Waals surface area contributed by atoms with Crippen molar-refractivity contribution in [1.29, 1.82) is 0 Å². The molecular weight excluding hydrogens is 297 g/mol. The number of nitrogens with one attached hydrogen (secondary N) is 1. The van der Waals surface area contributed by atoms with Crippen LogP contribution in [-0.2, 0) is 16.0 Å². The molecule has 0 aliphatic rings. The largest absolute Gasteiger partial charge is 0.411 e. The van der Waals surface area contributed by atoms with E-state index in [0.29, 0.717) is 18.7 Å². The minimum Gasteiger partial charge on any atom is -0.399 e. The summed E-state index contributed by atoms with van der Waals surface area (Å²) in [5.74, 6) is -0.570. The smallest absolute Gasteiger partial charge is 0.399 e. The summed E-state index contributed by atoms with van der Waals surface area (Å²) in [6.45, 7) is -1.68. The SMILES string of the molecule is Cl.Nc1ccc(CCNC(=O)COCC(F)(F)F)cc1. The number of amides is 1. The highest BCUT2D eigenvalue weighted by Gasteiger charge is 2.27. The maximum atomic E-state index is 11.7. The Hall–Kier alpha value is -1.47. The molecular formula is C12H16ClF3N2O2. The van der Waals surface area contributed by atoms with E-state index >= 15 is 0 Å². The van der Waals surface area contributed by atoms with Gasteiger partial charge >= 0.3 is 6.18 Å². The van der Waals surface area contributed by atoms with Crippen molar-refractivity contribution >= 4 is 24.0 Å². The first kappa shape index (κ1) is 18.5. The number of anilines is 1. The van der Waals surface area contributed by atoms with Crippen LogP contribution in [0.5, 0.6) is 0 Å². The predicted octanol–water partition coefficient (Wildman–Crippen LogP) is 1.93. The summed E-state index contributed by atoms with van der Waals surface area (Å²) < 4.78 is 39.5. The highest BCUT2D eigenvalue weighted by molar-refractivity contribution is 5.85. The number of nitrogen functional groups attached to an aromatic ring is 1. The summed E-state index contributed by atoms with van der Waals surface area (Å²) in [5.41, 5.74) is 7.14. The van der Waals surface area contributed by atoms with Crippen LogP contribution >= 0.6 is 12.4 Å². The molecule has 3 N–H and O–H groups in total. The number of hydrogen-bond donors (Lipinski definition) is 2. The Morgan fingerprint density at radius 2 is 1.85 bits per heavy atom. The molecule has 0 aromatic heterocycles. The fourth-order valence-electron chi connectivity index (χ4n) is 1.34. The van der Waals surface area contributed by atoms with E-state index in [0.717, 1.165) is 5.56 Å². The van der Waals surface area contributed by atoms with Gasteiger partial charge in [0.05, 0.1) is 0 Å². The number of carbonyl (C=O) groups excluding carboxylic acids is 1. The highest BCUT2D eigenvalue weighted by Crippen LogP contribution is 2.14. The number of carbonyl (C=O) groups is 1. The topological polar surface area (TPSA) is 64.3 Å². The maximum absolute atomic E-state index is 11.7. The van der Waals surface area contributed by atoms with Crippen LogP contribution in [0.3, 0.4) is 0 Å². The molecule has 0 spiro atoms. The molecule has 0 radical (unpaired) electrons. The third-order valence-electron chi connectivity index (χ3n) is 2.21. The molecule has 0 fully saturated rings. The van der Waals surface area contributed by atoms with Gasteiger partial charge in [0.15, 0.2) is 0 Å². The minimum atomic E-state index is -4.41. The Balaban J connectivity index is 0.00000361. The van der Waals surface area contributed by atoms with Crippen molar-refractivity contribution in [2.45, 2.75) is 12.6 Å². The molecule has 0 aliphatic heterocycles. The molecule has 20 heavy (non-hydrogen) atoms. The molecule has 114 valence electrons. The highest BCUT2D eigenvalue weighted by atomic mass is 35.5. The number of hydrogen-bond acceptors (Lipinski definition) is 3. The first-order valence-electron chi connectivity index (χ1n) is 5.62. The Labute approximate surface area is 120 Å². The number of halogens is 4. The molecule has 8 heteroatoms. The Morgan fingerprint density at radius 1 is 1.25 bits per heavy atom. The monoisotopic (exact) mass is 312 g/mol. The van der Waals surface area contributed by atoms with E-state index in [2.05, 4.69) is 10.1 Å². The first-order chi connectivity index (χ1) is 8.87. The number of nitrogens with two attached hydrogens (primary N) is 1. The molecule has 4 nitrogen and oxygen atoms in total. The van der Waals surface area contributed by atoms with Gasteiger partial charge in [0.2, 0.25) is 5.91 Å². The standard InChI is InChI=1S/C12H15F3N2O2.ClH/c13-12(14,15)8-19-7-11(18)17-6-5-9-1-3-10(16)4-2-9;/h1-4H,5-8,16H2,(H,17,18);1H. The molecule has 0 aliphatic carbocycles. The minimum absolute atomic E-state index is 0. The van der Waals surface area contributed by atoms with Crippen molar-refractivity contribution in [2.24, 2.45) is 0 Å². The van der Waals surface area contributed by atoms with Crippen molar-refractivity contribution in [3.8, 4) is 0 Å². The van der Waals surface area contributed by atoms with E-state index in [-0.39, 0.29) is 12.4 Å². The average molecular weight is 313 g/mol. The Bertz CT molecular complexity index is 410. The zero-order chi connectivity index (χ0) is 14.3. The van der Waals surface area contributed by atoms with Crippen molar-refractivity contribution in [3.05, 3.63) is 29.8 Å². The summed E-state index contributed by atoms with van der Waals surface area (Å²) >= 11 is 0. The summed E-state index contributed by atoms with van der Waals surface area (Å²) in [5, 5.41) is 2.47. The molecule has 0 saturated carbocycles. The van der Waals surface area contributed by atoms with Crippen LogP contribution in [0.25, 0.3) is 0 Å². The lowest BCUT2D eigenvalue weighted by molar-refractivity contribution is -0.175. The van der Waals surface area contributed by atoms with E-state index in [1.54, 1.807) is 12.1 Å². The fourth-order valence-corrected chi connectivity index (χ4v) is 1.34. The van der Waals surface area contributed by atoms with Crippen molar-refractivity contribution < 1.29 is 22.7 Å². The zero-order valence-electron chi connectivity index (χ0n) is 10.6. The van der Waals surface area contributed by atoms with Gasteiger partial charge in [0, 0.05) is 12.2 Å². The van der Waals surface area contributed by atoms with Gasteiger partial charge in [-0.15, -0.1) is 12.4 Å². The maximum Gasteiger partial charge on any atom is 0.411 e. The van der Waals surface area contributed by atoms with Crippen LogP contribution in [-0.4, -0.2) is 31.8 Å². The van der Waals surface area contributed by atoms with Crippen LogP contribution in [0.2, 0.25) is 0 Å². The van der Waals surface area contributed by atoms with Gasteiger partial charge in [-0.2, -0.15) is 13.2 Å². The van der Waals surface area contributed by atoms with Gasteiger partial charge in [-0.05, 0) is 24.1 Å². The van der Waals surface area contributed by atoms with Crippen molar-refractivity contribution in [2.75, 3.05) is 25.5 Å². The van der Waals surface area contributed by atoms with Gasteiger partial charge in [0.25, 0.3) is 0 Å². The first-order valence-corrected chi connectivity index (χ1v) is 5.62. The van der Waals surface area contributed by atoms with Gasteiger partial charge in [-0.25, -0.2) is 0 Å². The molecule has 1 rings (SSSR count). The Morgan fingerprint density at radius 3 is 2.40 bits per heavy atom. The third-order valence-corrected chi connectivity index (χ3v) is 2.21. The molecule has 0 saturated heterocycles. The van der Waals surface area contributed by atoms with Crippen LogP contribution in [0.4, 0.5) is 18.9 Å². The normalized spacial score (nSPS) is 10.8. The van der Waals surface area contributed by atoms with Crippen LogP contribution < -0.4 is 11.1 Å². The molecule has 1 aromatic rings. The summed E-state index contributed by atoms with van der Waals surface area (Å²) in [6.07, 6.45) is -3.84. The fraction of sp³-hybridized carbons (Fsp3) is 0.417. The molecule has 0 unspecified atom stereocenters. The van der Waals surface area contributed by atoms with E-state index in [1.165, 1.54) is 0 Å². The van der Waals surface area contributed by atoms with E-state index < -0.39 is 25.3 Å². The van der Waals surface area contributed by atoms with E-state index in [4.69, 9.17) is 5.73 Å². The zero-order valence-corrected chi connectivity index (χ0v) is 11.4. The Kier molecular flexibility index (Phi) is 8.02. The van der Waals surface area contributed by atoms with Gasteiger partial charge in [0.1, 0.15) is 13.2 Å². The second kappa shape index (κ2) is 8.65. The summed E-state index contributed by atoms with van der Waals surface area (Å²) in [7, 11) is 0. The third kappa shape index (κ3) is 8.60.